The van der Waals surface area contributed by atoms with Gasteiger partial charge in [-0.1, -0.05) is 45.7 Å². The van der Waals surface area contributed by atoms with Crippen molar-refractivity contribution in [1.29, 1.82) is 0 Å². The summed E-state index contributed by atoms with van der Waals surface area (Å²) in [6.45, 7) is 6.91. The first-order valence-electron chi connectivity index (χ1n) is 6.74. The Labute approximate surface area is 104 Å². The zero-order chi connectivity index (χ0) is 12.5. The summed E-state index contributed by atoms with van der Waals surface area (Å²) in [6, 6.07) is 7.15. The third kappa shape index (κ3) is 2.88. The van der Waals surface area contributed by atoms with E-state index in [1.165, 1.54) is 31.2 Å². The van der Waals surface area contributed by atoms with Gasteiger partial charge in [-0.25, -0.2) is 4.39 Å². The molecule has 17 heavy (non-hydrogen) atoms. The molecule has 1 heteroatoms. The normalized spacial score (nSPS) is 19.5. The van der Waals surface area contributed by atoms with Crippen LogP contribution in [0.25, 0.3) is 0 Å². The van der Waals surface area contributed by atoms with Gasteiger partial charge < -0.3 is 0 Å². The Morgan fingerprint density at radius 2 is 1.59 bits per heavy atom. The molecule has 2 rings (SSSR count). The highest BCUT2D eigenvalue weighted by atomic mass is 19.1. The Kier molecular flexibility index (Phi) is 3.56. The van der Waals surface area contributed by atoms with Gasteiger partial charge in [0.2, 0.25) is 0 Å². The first kappa shape index (κ1) is 12.6. The van der Waals surface area contributed by atoms with Crippen LogP contribution >= 0.6 is 0 Å². The molecule has 94 valence electrons. The minimum atomic E-state index is -0.132. The summed E-state index contributed by atoms with van der Waals surface area (Å²) in [5.74, 6) is 1.21. The van der Waals surface area contributed by atoms with E-state index in [0.29, 0.717) is 5.92 Å². The minimum absolute atomic E-state index is 0.132. The number of halogens is 1. The lowest BCUT2D eigenvalue weighted by Crippen LogP contribution is -2.24. The molecule has 1 saturated carbocycles. The summed E-state index contributed by atoms with van der Waals surface area (Å²) >= 11 is 0. The highest BCUT2D eigenvalue weighted by Gasteiger charge is 2.34. The lowest BCUT2D eigenvalue weighted by molar-refractivity contribution is 0.236. The standard InChI is InChI=1S/C16H23F/c1-16(2,3)15(12-6-4-5-7-12)13-8-10-14(17)11-9-13/h8-12,15H,4-7H2,1-3H3. The quantitative estimate of drug-likeness (QED) is 0.664. The fourth-order valence-electron chi connectivity index (χ4n) is 3.44. The zero-order valence-electron chi connectivity index (χ0n) is 11.2. The summed E-state index contributed by atoms with van der Waals surface area (Å²) in [5, 5.41) is 0. The van der Waals surface area contributed by atoms with Crippen molar-refractivity contribution in [1.82, 2.24) is 0 Å². The van der Waals surface area contributed by atoms with Crippen molar-refractivity contribution in [3.8, 4) is 0 Å². The number of benzene rings is 1. The van der Waals surface area contributed by atoms with Crippen LogP contribution in [0.4, 0.5) is 4.39 Å². The molecule has 1 aliphatic carbocycles. The van der Waals surface area contributed by atoms with E-state index in [4.69, 9.17) is 0 Å². The van der Waals surface area contributed by atoms with Crippen LogP contribution in [0, 0.1) is 17.2 Å². The van der Waals surface area contributed by atoms with Crippen LogP contribution in [0.5, 0.6) is 0 Å². The molecule has 1 unspecified atom stereocenters. The van der Waals surface area contributed by atoms with E-state index in [1.807, 2.05) is 12.1 Å². The molecule has 1 aliphatic rings. The summed E-state index contributed by atoms with van der Waals surface area (Å²) in [4.78, 5) is 0. The van der Waals surface area contributed by atoms with Crippen molar-refractivity contribution >= 4 is 0 Å². The van der Waals surface area contributed by atoms with Gasteiger partial charge >= 0.3 is 0 Å². The summed E-state index contributed by atoms with van der Waals surface area (Å²) in [7, 11) is 0. The van der Waals surface area contributed by atoms with Gasteiger partial charge in [0, 0.05) is 0 Å². The molecule has 0 radical (unpaired) electrons. The average molecular weight is 234 g/mol. The van der Waals surface area contributed by atoms with Gasteiger partial charge in [0.15, 0.2) is 0 Å². The summed E-state index contributed by atoms with van der Waals surface area (Å²) in [6.07, 6.45) is 5.38. The second-order valence-corrected chi connectivity index (χ2v) is 6.44. The predicted molar refractivity (Wildman–Crippen MR) is 70.6 cm³/mol. The van der Waals surface area contributed by atoms with E-state index in [-0.39, 0.29) is 11.2 Å². The fourth-order valence-corrected chi connectivity index (χ4v) is 3.44. The fraction of sp³-hybridized carbons (Fsp3) is 0.625. The first-order chi connectivity index (χ1) is 7.98. The highest BCUT2D eigenvalue weighted by Crippen LogP contribution is 2.47. The second-order valence-electron chi connectivity index (χ2n) is 6.44. The molecule has 0 aromatic heterocycles. The third-order valence-electron chi connectivity index (χ3n) is 4.03. The van der Waals surface area contributed by atoms with Crippen molar-refractivity contribution < 1.29 is 4.39 Å². The van der Waals surface area contributed by atoms with Gasteiger partial charge in [-0.05, 0) is 47.8 Å². The van der Waals surface area contributed by atoms with E-state index in [1.54, 1.807) is 12.1 Å². The molecule has 1 aromatic rings. The van der Waals surface area contributed by atoms with E-state index in [9.17, 15) is 4.39 Å². The van der Waals surface area contributed by atoms with E-state index in [2.05, 4.69) is 20.8 Å². The SMILES string of the molecule is CC(C)(C)C(c1ccc(F)cc1)C1CCCC1. The molecule has 0 spiro atoms. The first-order valence-corrected chi connectivity index (χ1v) is 6.74. The highest BCUT2D eigenvalue weighted by molar-refractivity contribution is 5.23. The second kappa shape index (κ2) is 4.80. The Bertz CT molecular complexity index is 352. The van der Waals surface area contributed by atoms with Crippen molar-refractivity contribution in [3.63, 3.8) is 0 Å². The molecule has 0 aliphatic heterocycles. The lowest BCUT2D eigenvalue weighted by Gasteiger charge is -2.36. The van der Waals surface area contributed by atoms with Crippen LogP contribution in [0.3, 0.4) is 0 Å². The monoisotopic (exact) mass is 234 g/mol. The van der Waals surface area contributed by atoms with Crippen LogP contribution in [0.15, 0.2) is 24.3 Å². The van der Waals surface area contributed by atoms with Gasteiger partial charge in [0.25, 0.3) is 0 Å². The molecular weight excluding hydrogens is 211 g/mol. The Morgan fingerprint density at radius 1 is 1.06 bits per heavy atom. The minimum Gasteiger partial charge on any atom is -0.207 e. The molecule has 1 atom stereocenters. The van der Waals surface area contributed by atoms with Crippen LogP contribution in [-0.4, -0.2) is 0 Å². The van der Waals surface area contributed by atoms with Gasteiger partial charge in [0.1, 0.15) is 5.82 Å². The largest absolute Gasteiger partial charge is 0.207 e. The molecule has 0 N–H and O–H groups in total. The third-order valence-corrected chi connectivity index (χ3v) is 4.03. The number of hydrogen-bond donors (Lipinski definition) is 0. The van der Waals surface area contributed by atoms with E-state index < -0.39 is 0 Å². The molecule has 0 heterocycles. The van der Waals surface area contributed by atoms with Crippen LogP contribution in [-0.2, 0) is 0 Å². The van der Waals surface area contributed by atoms with Crippen molar-refractivity contribution in [3.05, 3.63) is 35.6 Å². The number of hydrogen-bond acceptors (Lipinski definition) is 0. The summed E-state index contributed by atoms with van der Waals surface area (Å²) < 4.78 is 13.0. The summed E-state index contributed by atoms with van der Waals surface area (Å²) in [5.41, 5.74) is 1.57. The molecule has 1 aromatic carbocycles. The van der Waals surface area contributed by atoms with E-state index >= 15 is 0 Å². The van der Waals surface area contributed by atoms with Crippen LogP contribution < -0.4 is 0 Å². The maximum absolute atomic E-state index is 13.0. The molecule has 0 nitrogen and oxygen atoms in total. The van der Waals surface area contributed by atoms with Crippen molar-refractivity contribution in [2.75, 3.05) is 0 Å². The maximum atomic E-state index is 13.0. The molecule has 1 fully saturated rings. The number of rotatable bonds is 2. The smallest absolute Gasteiger partial charge is 0.123 e. The molecular formula is C16H23F. The van der Waals surface area contributed by atoms with Gasteiger partial charge in [-0.15, -0.1) is 0 Å². The average Bonchev–Trinajstić information content (AvgIpc) is 2.72. The van der Waals surface area contributed by atoms with Crippen LogP contribution in [0.1, 0.15) is 57.9 Å². The zero-order valence-corrected chi connectivity index (χ0v) is 11.2. The topological polar surface area (TPSA) is 0 Å². The molecule has 0 saturated heterocycles. The molecule has 0 amide bonds. The lowest BCUT2D eigenvalue weighted by atomic mass is 9.69. The van der Waals surface area contributed by atoms with Gasteiger partial charge in [0.05, 0.1) is 0 Å². The Morgan fingerprint density at radius 3 is 2.06 bits per heavy atom. The van der Waals surface area contributed by atoms with Crippen molar-refractivity contribution in [2.45, 2.75) is 52.4 Å². The molecule has 0 bridgehead atoms. The predicted octanol–water partition coefficient (Wildman–Crippen LogP) is 5.15. The Balaban J connectivity index is 2.29. The van der Waals surface area contributed by atoms with Gasteiger partial charge in [-0.3, -0.25) is 0 Å². The van der Waals surface area contributed by atoms with Crippen LogP contribution in [0.2, 0.25) is 0 Å². The van der Waals surface area contributed by atoms with Crippen molar-refractivity contribution in [2.24, 2.45) is 11.3 Å². The van der Waals surface area contributed by atoms with E-state index in [0.717, 1.165) is 5.92 Å². The van der Waals surface area contributed by atoms with Gasteiger partial charge in [-0.2, -0.15) is 0 Å². The maximum Gasteiger partial charge on any atom is 0.123 e. The Hall–Kier alpha value is -0.850.